The minimum Gasteiger partial charge on any atom is -0.397 e. The van der Waals surface area contributed by atoms with Gasteiger partial charge in [-0.15, -0.1) is 0 Å². The van der Waals surface area contributed by atoms with E-state index < -0.39 is 0 Å². The van der Waals surface area contributed by atoms with Gasteiger partial charge in [-0.1, -0.05) is 13.3 Å². The third-order valence-corrected chi connectivity index (χ3v) is 2.96. The van der Waals surface area contributed by atoms with Gasteiger partial charge in [-0.3, -0.25) is 0 Å². The summed E-state index contributed by atoms with van der Waals surface area (Å²) in [6, 6.07) is 1.96. The number of aliphatic hydroxyl groups excluding tert-OH is 1. The van der Waals surface area contributed by atoms with Crippen LogP contribution >= 0.6 is 0 Å². The Morgan fingerprint density at radius 3 is 2.82 bits per heavy atom. The highest BCUT2D eigenvalue weighted by Gasteiger charge is 2.07. The van der Waals surface area contributed by atoms with Crippen molar-refractivity contribution in [3.8, 4) is 0 Å². The van der Waals surface area contributed by atoms with Crippen LogP contribution in [0.2, 0.25) is 0 Å². The molecule has 0 aliphatic rings. The number of rotatable bonds is 7. The van der Waals surface area contributed by atoms with Crippen LogP contribution in [0.3, 0.4) is 0 Å². The lowest BCUT2D eigenvalue weighted by molar-refractivity contribution is 0.255. The van der Waals surface area contributed by atoms with Crippen LogP contribution in [0.1, 0.15) is 31.7 Å². The van der Waals surface area contributed by atoms with Gasteiger partial charge in [0.25, 0.3) is 0 Å². The van der Waals surface area contributed by atoms with Gasteiger partial charge in [-0.25, -0.2) is 4.98 Å². The van der Waals surface area contributed by atoms with Gasteiger partial charge in [0.15, 0.2) is 0 Å². The molecule has 96 valence electrons. The predicted molar refractivity (Wildman–Crippen MR) is 72.0 cm³/mol. The molecule has 0 radical (unpaired) electrons. The van der Waals surface area contributed by atoms with Gasteiger partial charge in [-0.05, 0) is 37.3 Å². The molecule has 0 saturated carbocycles. The maximum Gasteiger partial charge on any atom is 0.126 e. The normalized spacial score (nSPS) is 12.4. The maximum atomic E-state index is 8.98. The Bertz CT molecular complexity index is 335. The largest absolute Gasteiger partial charge is 0.397 e. The van der Waals surface area contributed by atoms with Crippen molar-refractivity contribution in [2.75, 3.05) is 24.2 Å². The minimum atomic E-state index is 0.251. The molecule has 17 heavy (non-hydrogen) atoms. The highest BCUT2D eigenvalue weighted by atomic mass is 16.3. The zero-order valence-corrected chi connectivity index (χ0v) is 10.7. The van der Waals surface area contributed by atoms with Gasteiger partial charge >= 0.3 is 0 Å². The van der Waals surface area contributed by atoms with Crippen molar-refractivity contribution in [3.05, 3.63) is 17.8 Å². The van der Waals surface area contributed by atoms with E-state index in [4.69, 9.17) is 10.8 Å². The summed E-state index contributed by atoms with van der Waals surface area (Å²) in [4.78, 5) is 4.23. The molecule has 4 N–H and O–H groups in total. The lowest BCUT2D eigenvalue weighted by atomic mass is 10.0. The number of nitrogens with two attached hydrogens (primary N) is 1. The molecule has 1 aromatic rings. The topological polar surface area (TPSA) is 71.2 Å². The number of aromatic nitrogens is 1. The second kappa shape index (κ2) is 7.12. The average molecular weight is 237 g/mol. The zero-order chi connectivity index (χ0) is 12.7. The van der Waals surface area contributed by atoms with E-state index in [1.807, 2.05) is 13.0 Å². The standard InChI is InChI=1S/C13H23N3O/c1-3-4-11(5-6-17)8-15-13-7-10(2)12(14)9-16-13/h7,9,11,17H,3-6,8,14H2,1-2H3,(H,15,16). The molecule has 1 heterocycles. The zero-order valence-electron chi connectivity index (χ0n) is 10.7. The molecule has 0 aromatic carbocycles. The number of anilines is 2. The van der Waals surface area contributed by atoms with E-state index in [2.05, 4.69) is 17.2 Å². The van der Waals surface area contributed by atoms with Gasteiger partial charge in [0, 0.05) is 13.2 Å². The molecule has 0 saturated heterocycles. The molecule has 0 amide bonds. The fourth-order valence-corrected chi connectivity index (χ4v) is 1.85. The van der Waals surface area contributed by atoms with Gasteiger partial charge < -0.3 is 16.2 Å². The summed E-state index contributed by atoms with van der Waals surface area (Å²) in [7, 11) is 0. The van der Waals surface area contributed by atoms with Crippen molar-refractivity contribution >= 4 is 11.5 Å². The fourth-order valence-electron chi connectivity index (χ4n) is 1.85. The Hall–Kier alpha value is -1.29. The third kappa shape index (κ3) is 4.61. The number of hydrogen-bond acceptors (Lipinski definition) is 4. The van der Waals surface area contributed by atoms with E-state index in [1.54, 1.807) is 6.20 Å². The monoisotopic (exact) mass is 237 g/mol. The molecule has 1 unspecified atom stereocenters. The van der Waals surface area contributed by atoms with Gasteiger partial charge in [0.2, 0.25) is 0 Å². The first kappa shape index (κ1) is 13.8. The second-order valence-corrected chi connectivity index (χ2v) is 4.47. The summed E-state index contributed by atoms with van der Waals surface area (Å²) in [6.45, 7) is 5.24. The van der Waals surface area contributed by atoms with Crippen molar-refractivity contribution in [1.82, 2.24) is 4.98 Å². The average Bonchev–Trinajstić information content (AvgIpc) is 2.31. The van der Waals surface area contributed by atoms with Crippen LogP contribution in [0.5, 0.6) is 0 Å². The SMILES string of the molecule is CCCC(CCO)CNc1cc(C)c(N)cn1. The molecule has 0 aliphatic heterocycles. The van der Waals surface area contributed by atoms with Crippen molar-refractivity contribution in [2.24, 2.45) is 5.92 Å². The lowest BCUT2D eigenvalue weighted by Gasteiger charge is -2.16. The Kier molecular flexibility index (Phi) is 5.77. The lowest BCUT2D eigenvalue weighted by Crippen LogP contribution is -2.16. The van der Waals surface area contributed by atoms with Crippen molar-refractivity contribution < 1.29 is 5.11 Å². The first-order valence-electron chi connectivity index (χ1n) is 6.24. The number of nitrogens with one attached hydrogen (secondary N) is 1. The first-order valence-corrected chi connectivity index (χ1v) is 6.24. The van der Waals surface area contributed by atoms with Crippen LogP contribution in [-0.2, 0) is 0 Å². The highest BCUT2D eigenvalue weighted by Crippen LogP contribution is 2.15. The summed E-state index contributed by atoms with van der Waals surface area (Å²) < 4.78 is 0. The summed E-state index contributed by atoms with van der Waals surface area (Å²) >= 11 is 0. The van der Waals surface area contributed by atoms with E-state index in [1.165, 1.54) is 0 Å². The van der Waals surface area contributed by atoms with Gasteiger partial charge in [0.1, 0.15) is 5.82 Å². The van der Waals surface area contributed by atoms with E-state index in [-0.39, 0.29) is 6.61 Å². The molecule has 4 heteroatoms. The van der Waals surface area contributed by atoms with Crippen LogP contribution in [0.4, 0.5) is 11.5 Å². The van der Waals surface area contributed by atoms with Gasteiger partial charge in [-0.2, -0.15) is 0 Å². The number of aryl methyl sites for hydroxylation is 1. The second-order valence-electron chi connectivity index (χ2n) is 4.47. The summed E-state index contributed by atoms with van der Waals surface area (Å²) in [5.41, 5.74) is 7.47. The highest BCUT2D eigenvalue weighted by molar-refractivity contribution is 5.50. The number of aliphatic hydroxyl groups is 1. The number of pyridine rings is 1. The van der Waals surface area contributed by atoms with Crippen molar-refractivity contribution in [2.45, 2.75) is 33.1 Å². The Balaban J connectivity index is 2.49. The molecule has 1 aromatic heterocycles. The first-order chi connectivity index (χ1) is 8.17. The summed E-state index contributed by atoms with van der Waals surface area (Å²) in [6.07, 6.45) is 4.79. The summed E-state index contributed by atoms with van der Waals surface area (Å²) in [5, 5.41) is 12.3. The van der Waals surface area contributed by atoms with Crippen molar-refractivity contribution in [3.63, 3.8) is 0 Å². The van der Waals surface area contributed by atoms with E-state index in [0.717, 1.165) is 42.9 Å². The minimum absolute atomic E-state index is 0.251. The third-order valence-electron chi connectivity index (χ3n) is 2.96. The molecule has 0 spiro atoms. The smallest absolute Gasteiger partial charge is 0.126 e. The molecular weight excluding hydrogens is 214 g/mol. The molecular formula is C13H23N3O. The molecule has 0 bridgehead atoms. The number of nitrogen functional groups attached to an aromatic ring is 1. The Morgan fingerprint density at radius 2 is 2.24 bits per heavy atom. The van der Waals surface area contributed by atoms with Crippen LogP contribution in [0.25, 0.3) is 0 Å². The molecule has 1 atom stereocenters. The van der Waals surface area contributed by atoms with Gasteiger partial charge in [0.05, 0.1) is 11.9 Å². The van der Waals surface area contributed by atoms with E-state index in [0.29, 0.717) is 5.92 Å². The molecule has 0 aliphatic carbocycles. The fraction of sp³-hybridized carbons (Fsp3) is 0.615. The summed E-state index contributed by atoms with van der Waals surface area (Å²) in [5.74, 6) is 1.36. The maximum absolute atomic E-state index is 8.98. The van der Waals surface area contributed by atoms with Crippen LogP contribution in [0, 0.1) is 12.8 Å². The predicted octanol–water partition coefficient (Wildman–Crippen LogP) is 2.18. The molecule has 4 nitrogen and oxygen atoms in total. The number of hydrogen-bond donors (Lipinski definition) is 3. The van der Waals surface area contributed by atoms with Crippen LogP contribution in [0.15, 0.2) is 12.3 Å². The van der Waals surface area contributed by atoms with Crippen molar-refractivity contribution in [1.29, 1.82) is 0 Å². The van der Waals surface area contributed by atoms with E-state index >= 15 is 0 Å². The van der Waals surface area contributed by atoms with Crippen LogP contribution < -0.4 is 11.1 Å². The molecule has 0 fully saturated rings. The van der Waals surface area contributed by atoms with Crippen LogP contribution in [-0.4, -0.2) is 23.2 Å². The quantitative estimate of drug-likeness (QED) is 0.679. The molecule has 1 rings (SSSR count). The Labute approximate surface area is 103 Å². The van der Waals surface area contributed by atoms with E-state index in [9.17, 15) is 0 Å². The Morgan fingerprint density at radius 1 is 1.47 bits per heavy atom. The number of nitrogens with zero attached hydrogens (tertiary/aromatic N) is 1.